The van der Waals surface area contributed by atoms with Gasteiger partial charge in [0.1, 0.15) is 5.60 Å². The molecule has 0 radical (unpaired) electrons. The van der Waals surface area contributed by atoms with Gasteiger partial charge in [-0.25, -0.2) is 4.98 Å². The van der Waals surface area contributed by atoms with Crippen LogP contribution in [0.4, 0.5) is 0 Å². The number of aliphatic hydroxyl groups excluding tert-OH is 1. The van der Waals surface area contributed by atoms with Crippen molar-refractivity contribution < 1.29 is 19.8 Å². The first kappa shape index (κ1) is 25.1. The normalized spacial score (nSPS) is 38.7. The van der Waals surface area contributed by atoms with E-state index in [4.69, 9.17) is 4.98 Å². The van der Waals surface area contributed by atoms with Crippen molar-refractivity contribution in [1.29, 1.82) is 0 Å². The fraction of sp³-hybridized carbons (Fsp3) is 0.567. The number of benzene rings is 1. The van der Waals surface area contributed by atoms with E-state index in [1.165, 1.54) is 11.8 Å². The van der Waals surface area contributed by atoms with Gasteiger partial charge in [-0.3, -0.25) is 9.59 Å². The highest BCUT2D eigenvalue weighted by molar-refractivity contribution is 7.99. The maximum Gasteiger partial charge on any atom is 0.178 e. The largest absolute Gasteiger partial charge is 0.393 e. The van der Waals surface area contributed by atoms with Crippen molar-refractivity contribution in [3.05, 3.63) is 48.1 Å². The first-order valence-electron chi connectivity index (χ1n) is 13.6. The number of rotatable bonds is 5. The zero-order valence-corrected chi connectivity index (χ0v) is 22.6. The van der Waals surface area contributed by atoms with Gasteiger partial charge in [0.2, 0.25) is 0 Å². The van der Waals surface area contributed by atoms with Crippen molar-refractivity contribution in [3.8, 4) is 0 Å². The van der Waals surface area contributed by atoms with E-state index in [1.54, 1.807) is 12.2 Å². The smallest absolute Gasteiger partial charge is 0.178 e. The number of hydrogen-bond donors (Lipinski definition) is 2. The summed E-state index contributed by atoms with van der Waals surface area (Å²) in [6.45, 7) is 7.00. The van der Waals surface area contributed by atoms with Crippen molar-refractivity contribution in [3.63, 3.8) is 0 Å². The third kappa shape index (κ3) is 3.50. The van der Waals surface area contributed by atoms with Gasteiger partial charge in [0.25, 0.3) is 0 Å². The summed E-state index contributed by atoms with van der Waals surface area (Å²) in [5.74, 6) is 0.370. The van der Waals surface area contributed by atoms with E-state index in [0.29, 0.717) is 12.8 Å². The minimum atomic E-state index is -1.46. The number of aliphatic hydroxyl groups is 2. The number of thioether (sulfide) groups is 1. The molecule has 2 aromatic rings. The number of para-hydroxylation sites is 2. The third-order valence-electron chi connectivity index (χ3n) is 10.4. The Labute approximate surface area is 222 Å². The molecule has 7 atom stereocenters. The summed E-state index contributed by atoms with van der Waals surface area (Å²) in [7, 11) is 0. The number of hydrogen-bond acceptors (Lipinski definition) is 6. The molecule has 37 heavy (non-hydrogen) atoms. The first-order chi connectivity index (χ1) is 17.6. The van der Waals surface area contributed by atoms with Gasteiger partial charge in [0, 0.05) is 23.3 Å². The molecular weight excluding hydrogens is 484 g/mol. The van der Waals surface area contributed by atoms with E-state index in [0.717, 1.165) is 47.6 Å². The maximum absolute atomic E-state index is 13.8. The number of aromatic nitrogens is 2. The van der Waals surface area contributed by atoms with Crippen LogP contribution in [-0.4, -0.2) is 48.8 Å². The molecule has 3 fully saturated rings. The molecule has 4 aliphatic rings. The van der Waals surface area contributed by atoms with Crippen LogP contribution in [0.1, 0.15) is 52.9 Å². The Balaban J connectivity index is 1.26. The van der Waals surface area contributed by atoms with Gasteiger partial charge in [-0.15, -0.1) is 0 Å². The SMILES string of the molecule is CCn1c(SCC(=O)[C@@]2(O)CCC3C4CCC5=CC(=O)C=CC5(C)C4[C@@H](O)CC32C)nc2ccccc21. The molecule has 0 aliphatic heterocycles. The minimum Gasteiger partial charge on any atom is -0.393 e. The molecule has 6 nitrogen and oxygen atoms in total. The summed E-state index contributed by atoms with van der Waals surface area (Å²) in [4.78, 5) is 30.5. The lowest BCUT2D eigenvalue weighted by Gasteiger charge is -2.59. The number of carbonyl (C=O) groups is 2. The number of allylic oxidation sites excluding steroid dienone is 4. The van der Waals surface area contributed by atoms with Gasteiger partial charge < -0.3 is 14.8 Å². The fourth-order valence-corrected chi connectivity index (χ4v) is 9.55. The van der Waals surface area contributed by atoms with Crippen LogP contribution in [0.3, 0.4) is 0 Å². The summed E-state index contributed by atoms with van der Waals surface area (Å²) in [6, 6.07) is 7.97. The second-order valence-corrected chi connectivity index (χ2v) is 12.9. The highest BCUT2D eigenvalue weighted by Gasteiger charge is 2.68. The molecule has 7 heteroatoms. The Hall–Kier alpha value is -2.22. The van der Waals surface area contributed by atoms with E-state index in [1.807, 2.05) is 37.3 Å². The van der Waals surface area contributed by atoms with Crippen LogP contribution in [0, 0.1) is 28.6 Å². The first-order valence-corrected chi connectivity index (χ1v) is 14.6. The van der Waals surface area contributed by atoms with Crippen molar-refractivity contribution in [2.75, 3.05) is 5.75 Å². The van der Waals surface area contributed by atoms with Crippen molar-refractivity contribution in [1.82, 2.24) is 9.55 Å². The summed E-state index contributed by atoms with van der Waals surface area (Å²) in [5, 5.41) is 24.4. The number of nitrogens with zero attached hydrogens (tertiary/aromatic N) is 2. The molecule has 6 rings (SSSR count). The zero-order valence-electron chi connectivity index (χ0n) is 21.8. The minimum absolute atomic E-state index is 0.00814. The van der Waals surface area contributed by atoms with Gasteiger partial charge in [-0.2, -0.15) is 0 Å². The molecule has 3 saturated carbocycles. The number of Topliss-reactive ketones (excluding diaryl/α,β-unsaturated/α-hetero) is 1. The molecule has 2 N–H and O–H groups in total. The lowest BCUT2D eigenvalue weighted by molar-refractivity contribution is -0.174. The molecule has 0 bridgehead atoms. The lowest BCUT2D eigenvalue weighted by Crippen LogP contribution is -2.61. The summed E-state index contributed by atoms with van der Waals surface area (Å²) in [6.07, 6.45) is 8.05. The van der Waals surface area contributed by atoms with E-state index in [9.17, 15) is 19.8 Å². The Bertz CT molecular complexity index is 1350. The van der Waals surface area contributed by atoms with Crippen LogP contribution in [0.15, 0.2) is 53.2 Å². The predicted octanol–water partition coefficient (Wildman–Crippen LogP) is 4.73. The predicted molar refractivity (Wildman–Crippen MR) is 144 cm³/mol. The topological polar surface area (TPSA) is 92.4 Å². The lowest BCUT2D eigenvalue weighted by atomic mass is 9.46. The fourth-order valence-electron chi connectivity index (χ4n) is 8.51. The number of fused-ring (bicyclic) bond motifs is 6. The summed E-state index contributed by atoms with van der Waals surface area (Å²) < 4.78 is 2.11. The highest BCUT2D eigenvalue weighted by atomic mass is 32.2. The monoisotopic (exact) mass is 520 g/mol. The second-order valence-electron chi connectivity index (χ2n) is 11.9. The average Bonchev–Trinajstić information content (AvgIpc) is 3.37. The van der Waals surface area contributed by atoms with Crippen LogP contribution in [-0.2, 0) is 16.1 Å². The van der Waals surface area contributed by atoms with E-state index >= 15 is 0 Å². The zero-order chi connectivity index (χ0) is 26.2. The number of imidazole rings is 1. The molecule has 0 saturated heterocycles. The van der Waals surface area contributed by atoms with Crippen LogP contribution < -0.4 is 0 Å². The van der Waals surface area contributed by atoms with Gasteiger partial charge in [0.15, 0.2) is 16.7 Å². The Morgan fingerprint density at radius 2 is 2.03 bits per heavy atom. The van der Waals surface area contributed by atoms with Crippen molar-refractivity contribution in [2.45, 2.75) is 76.3 Å². The standard InChI is InChI=1S/C30H36N2O4S/c1-4-32-23-8-6-5-7-22(23)31-27(32)37-17-25(35)30(36)14-12-21-20-10-9-18-15-19(33)11-13-28(18,2)26(20)24(34)16-29(21,30)3/h5-8,11,13,15,20-21,24,26,34,36H,4,9-10,12,14,16-17H2,1-3H3/t20?,21?,24-,26?,28?,29?,30-/m0/s1. The molecule has 1 aromatic carbocycles. The number of ketones is 2. The van der Waals surface area contributed by atoms with E-state index in [2.05, 4.69) is 18.4 Å². The summed E-state index contributed by atoms with van der Waals surface area (Å²) >= 11 is 1.40. The van der Waals surface area contributed by atoms with Gasteiger partial charge in [-0.1, -0.05) is 49.4 Å². The van der Waals surface area contributed by atoms with Crippen LogP contribution in [0.5, 0.6) is 0 Å². The van der Waals surface area contributed by atoms with Crippen LogP contribution >= 0.6 is 11.8 Å². The molecule has 1 aromatic heterocycles. The van der Waals surface area contributed by atoms with E-state index < -0.39 is 17.1 Å². The Kier molecular flexibility index (Phi) is 5.86. The van der Waals surface area contributed by atoms with Gasteiger partial charge in [-0.05, 0) is 75.1 Å². The van der Waals surface area contributed by atoms with E-state index in [-0.39, 0.29) is 40.5 Å². The molecular formula is C30H36N2O4S. The Morgan fingerprint density at radius 3 is 2.81 bits per heavy atom. The van der Waals surface area contributed by atoms with Gasteiger partial charge >= 0.3 is 0 Å². The average molecular weight is 521 g/mol. The summed E-state index contributed by atoms with van der Waals surface area (Å²) in [5.41, 5.74) is 0.577. The molecule has 0 amide bonds. The van der Waals surface area contributed by atoms with Crippen molar-refractivity contribution >= 4 is 34.4 Å². The highest BCUT2D eigenvalue weighted by Crippen LogP contribution is 2.67. The molecule has 1 heterocycles. The van der Waals surface area contributed by atoms with Crippen LogP contribution in [0.2, 0.25) is 0 Å². The van der Waals surface area contributed by atoms with Crippen LogP contribution in [0.25, 0.3) is 11.0 Å². The number of aryl methyl sites for hydroxylation is 1. The molecule has 196 valence electrons. The second kappa shape index (κ2) is 8.65. The quantitative estimate of drug-likeness (QED) is 0.554. The van der Waals surface area contributed by atoms with Crippen molar-refractivity contribution in [2.24, 2.45) is 28.6 Å². The molecule has 0 spiro atoms. The Morgan fingerprint density at radius 1 is 1.24 bits per heavy atom. The third-order valence-corrected chi connectivity index (χ3v) is 11.4. The van der Waals surface area contributed by atoms with Gasteiger partial charge in [0.05, 0.1) is 22.9 Å². The molecule has 4 aliphatic carbocycles. The maximum atomic E-state index is 13.8. The molecule has 5 unspecified atom stereocenters. The number of carbonyl (C=O) groups excluding carboxylic acids is 2.